The van der Waals surface area contributed by atoms with Crippen molar-refractivity contribution in [2.24, 2.45) is 0 Å². The van der Waals surface area contributed by atoms with Gasteiger partial charge in [0.2, 0.25) is 0 Å². The minimum Gasteiger partial charge on any atom is -0.509 e. The van der Waals surface area contributed by atoms with Crippen LogP contribution >= 0.6 is 0 Å². The van der Waals surface area contributed by atoms with Gasteiger partial charge in [-0.15, -0.1) is 35.7 Å². The van der Waals surface area contributed by atoms with Crippen LogP contribution in [0.4, 0.5) is 11.4 Å². The summed E-state index contributed by atoms with van der Waals surface area (Å²) >= 11 is 0. The van der Waals surface area contributed by atoms with Gasteiger partial charge in [0.05, 0.1) is 0 Å². The average molecular weight is 1400 g/mol. The summed E-state index contributed by atoms with van der Waals surface area (Å²) in [5.41, 5.74) is 12.7. The molecule has 0 saturated carbocycles. The SMILES string of the molecule is CC(C)(C)c1cc(-c2cccc3c4ccccc4c4ccccc4c4cccc5c4n(c23)[CH-]N5c2[c-]c(Oc3[c-]c4c(cc3)c3c(-c5ccccc5)cccc3n4-c3cc(C(C)(C)C)ccn3)ccc2)cc([Si](c2ccccc2)(c2ccccc2)c2ccccc2)c1.[Pt]. The van der Waals surface area contributed by atoms with E-state index in [1.165, 1.54) is 42.6 Å². The van der Waals surface area contributed by atoms with Crippen molar-refractivity contribution in [1.29, 1.82) is 0 Å². The third-order valence-electron chi connectivity index (χ3n) is 18.7. The Hall–Kier alpha value is -10.2. The molecule has 15 aromatic rings. The van der Waals surface area contributed by atoms with Crippen LogP contribution < -0.4 is 30.4 Å². The number of para-hydroxylation sites is 2. The van der Waals surface area contributed by atoms with Gasteiger partial charge in [-0.2, -0.15) is 12.1 Å². The molecule has 0 amide bonds. The van der Waals surface area contributed by atoms with Crippen molar-refractivity contribution >= 4 is 105 Å². The Morgan fingerprint density at radius 2 is 0.935 bits per heavy atom. The molecule has 0 aliphatic carbocycles. The zero-order chi connectivity index (χ0) is 62.3. The number of rotatable bonds is 10. The molecule has 1 aliphatic heterocycles. The predicted octanol–water partition coefficient (Wildman–Crippen LogP) is 19.5. The summed E-state index contributed by atoms with van der Waals surface area (Å²) in [5.74, 6) is 1.97. The quantitative estimate of drug-likeness (QED) is 0.0778. The summed E-state index contributed by atoms with van der Waals surface area (Å²) in [6, 6.07) is 112. The van der Waals surface area contributed by atoms with Crippen LogP contribution in [-0.4, -0.2) is 22.2 Å². The molecule has 5 nitrogen and oxygen atoms in total. The van der Waals surface area contributed by atoms with E-state index in [0.717, 1.165) is 93.8 Å². The summed E-state index contributed by atoms with van der Waals surface area (Å²) < 4.78 is 11.7. The Labute approximate surface area is 559 Å². The molecule has 16 rings (SSSR count). The molecular formula is C86H67N4OPtSi-3. The normalized spacial score (nSPS) is 12.4. The number of aromatic nitrogens is 3. The summed E-state index contributed by atoms with van der Waals surface area (Å²) in [6.07, 6.45) is 1.92. The fourth-order valence-electron chi connectivity index (χ4n) is 14.3. The predicted molar refractivity (Wildman–Crippen MR) is 389 cm³/mol. The van der Waals surface area contributed by atoms with E-state index in [9.17, 15) is 0 Å². The van der Waals surface area contributed by atoms with Crippen LogP contribution in [0.3, 0.4) is 0 Å². The molecule has 454 valence electrons. The van der Waals surface area contributed by atoms with Gasteiger partial charge in [0.1, 0.15) is 5.82 Å². The maximum atomic E-state index is 7.00. The van der Waals surface area contributed by atoms with E-state index in [4.69, 9.17) is 9.72 Å². The first-order chi connectivity index (χ1) is 44.9. The molecule has 0 atom stereocenters. The van der Waals surface area contributed by atoms with E-state index < -0.39 is 8.07 Å². The van der Waals surface area contributed by atoms with Crippen LogP contribution in [0.15, 0.2) is 291 Å². The van der Waals surface area contributed by atoms with Crippen LogP contribution in [0.5, 0.6) is 11.5 Å². The number of nitrogens with zero attached hydrogens (tertiary/aromatic N) is 4. The smallest absolute Gasteiger partial charge is 0.179 e. The van der Waals surface area contributed by atoms with E-state index in [0.29, 0.717) is 11.5 Å². The number of fused-ring (bicyclic) bond motifs is 10. The van der Waals surface area contributed by atoms with Gasteiger partial charge >= 0.3 is 0 Å². The second-order valence-electron chi connectivity index (χ2n) is 26.4. The number of pyridine rings is 1. The molecule has 93 heavy (non-hydrogen) atoms. The standard InChI is InChI=1S/C86H67N4OSi.Pt/c1-85(2,3)60-49-50-87-81(54-60)90-78-45-25-41-69(58-27-11-7-12-28-58)82(78)77-48-47-64(56-80(77)90)91-63-30-23-29-62(55-63)88-57-89-83-70(42-24-43-75(83)73-39-21-19-37-71(73)72-38-20-22-40-74(72)76-44-26-46-79(88)84(76)89)59-51-61(86(4,5)6)53-68(52-59)92(65-31-13-8-14-32-65,66-33-15-9-16-34-66)67-35-17-10-18-36-67;/h7-54,57H,1-6H3;/q-3;. The molecule has 0 fully saturated rings. The van der Waals surface area contributed by atoms with Crippen LogP contribution in [0.1, 0.15) is 52.7 Å². The van der Waals surface area contributed by atoms with Crippen molar-refractivity contribution < 1.29 is 25.8 Å². The summed E-state index contributed by atoms with van der Waals surface area (Å²) in [5, 5.41) is 14.5. The molecule has 0 saturated heterocycles. The zero-order valence-electron chi connectivity index (χ0n) is 52.8. The molecule has 0 spiro atoms. The van der Waals surface area contributed by atoms with Gasteiger partial charge in [0.15, 0.2) is 8.07 Å². The topological polar surface area (TPSA) is 35.2 Å². The van der Waals surface area contributed by atoms with Crippen LogP contribution in [-0.2, 0) is 31.9 Å². The van der Waals surface area contributed by atoms with Gasteiger partial charge in [0.25, 0.3) is 0 Å². The number of hydrogen-bond donors (Lipinski definition) is 0. The Bertz CT molecular complexity index is 5340. The van der Waals surface area contributed by atoms with E-state index in [1.807, 2.05) is 18.3 Å². The van der Waals surface area contributed by atoms with E-state index in [1.54, 1.807) is 0 Å². The van der Waals surface area contributed by atoms with Crippen LogP contribution in [0, 0.1) is 18.8 Å². The number of ether oxygens (including phenoxy) is 1. The van der Waals surface area contributed by atoms with Gasteiger partial charge in [-0.1, -0.05) is 283 Å². The van der Waals surface area contributed by atoms with Crippen molar-refractivity contribution in [1.82, 2.24) is 14.1 Å². The molecule has 0 bridgehead atoms. The second kappa shape index (κ2) is 23.5. The van der Waals surface area contributed by atoms with Crippen molar-refractivity contribution in [3.8, 4) is 39.6 Å². The van der Waals surface area contributed by atoms with E-state index in [2.05, 4.69) is 347 Å². The number of hydrogen-bond acceptors (Lipinski definition) is 3. The average Bonchev–Trinajstić information content (AvgIpc) is 1.69. The van der Waals surface area contributed by atoms with Crippen molar-refractivity contribution in [3.05, 3.63) is 321 Å². The molecule has 3 aromatic heterocycles. The third kappa shape index (κ3) is 10.1. The fraction of sp³-hybridized carbons (Fsp3) is 0.0930. The van der Waals surface area contributed by atoms with E-state index in [-0.39, 0.29) is 31.9 Å². The molecule has 0 radical (unpaired) electrons. The van der Waals surface area contributed by atoms with Crippen LogP contribution in [0.25, 0.3) is 93.2 Å². The molecule has 1 aliphatic rings. The molecule has 7 heteroatoms. The summed E-state index contributed by atoms with van der Waals surface area (Å²) in [6.45, 7) is 16.1. The largest absolute Gasteiger partial charge is 0.509 e. The Morgan fingerprint density at radius 3 is 1.56 bits per heavy atom. The Morgan fingerprint density at radius 1 is 0.409 bits per heavy atom. The summed E-state index contributed by atoms with van der Waals surface area (Å²) in [7, 11) is -3.01. The first kappa shape index (κ1) is 59.1. The van der Waals surface area contributed by atoms with Crippen molar-refractivity contribution in [2.75, 3.05) is 4.90 Å². The molecule has 0 N–H and O–H groups in total. The first-order valence-corrected chi connectivity index (χ1v) is 33.8. The monoisotopic (exact) mass is 1390 g/mol. The van der Waals surface area contributed by atoms with E-state index >= 15 is 0 Å². The molecule has 4 heterocycles. The van der Waals surface area contributed by atoms with Gasteiger partial charge in [-0.05, 0) is 145 Å². The van der Waals surface area contributed by atoms with Gasteiger partial charge in [-0.25, -0.2) is 4.98 Å². The maximum Gasteiger partial charge on any atom is 0.179 e. The summed E-state index contributed by atoms with van der Waals surface area (Å²) in [4.78, 5) is 7.33. The fourth-order valence-corrected chi connectivity index (χ4v) is 19.2. The van der Waals surface area contributed by atoms with Crippen molar-refractivity contribution in [3.63, 3.8) is 0 Å². The van der Waals surface area contributed by atoms with Crippen molar-refractivity contribution in [2.45, 2.75) is 52.4 Å². The Kier molecular flexibility index (Phi) is 14.9. The van der Waals surface area contributed by atoms with Gasteiger partial charge < -0.3 is 18.8 Å². The third-order valence-corrected chi connectivity index (χ3v) is 23.5. The van der Waals surface area contributed by atoms with Gasteiger partial charge in [0, 0.05) is 50.0 Å². The number of benzene rings is 12. The second-order valence-corrected chi connectivity index (χ2v) is 30.2. The first-order valence-electron chi connectivity index (χ1n) is 31.8. The minimum absolute atomic E-state index is 0. The zero-order valence-corrected chi connectivity index (χ0v) is 56.1. The molecule has 0 unspecified atom stereocenters. The maximum absolute atomic E-state index is 7.00. The van der Waals surface area contributed by atoms with Crippen LogP contribution in [0.2, 0.25) is 0 Å². The van der Waals surface area contributed by atoms with Gasteiger partial charge in [-0.3, -0.25) is 0 Å². The molecular weight excluding hydrogens is 1330 g/mol. The Balaban J connectivity index is 0.00000716. The molecule has 12 aromatic carbocycles. The minimum atomic E-state index is -3.01. The number of anilines is 2.